The molecule has 0 spiro atoms. The number of hydrogen-bond donors (Lipinski definition) is 0. The first kappa shape index (κ1) is 14.3. The van der Waals surface area contributed by atoms with Crippen molar-refractivity contribution in [3.05, 3.63) is 70.7 Å². The summed E-state index contributed by atoms with van der Waals surface area (Å²) in [6, 6.07) is 21.8. The number of fused-ring (bicyclic) bond motifs is 1. The van der Waals surface area contributed by atoms with Gasteiger partial charge in [0.05, 0.1) is 0 Å². The van der Waals surface area contributed by atoms with Gasteiger partial charge in [0.1, 0.15) is 0 Å². The van der Waals surface area contributed by atoms with Gasteiger partial charge in [-0.3, -0.25) is 0 Å². The Labute approximate surface area is 134 Å². The topological polar surface area (TPSA) is 0 Å². The minimum atomic E-state index is 0.192. The van der Waals surface area contributed by atoms with Crippen LogP contribution >= 0.6 is 15.9 Å². The molecule has 0 aliphatic carbocycles. The van der Waals surface area contributed by atoms with Crippen LogP contribution in [0.3, 0.4) is 0 Å². The van der Waals surface area contributed by atoms with E-state index in [1.165, 1.54) is 27.5 Å². The van der Waals surface area contributed by atoms with Crippen LogP contribution in [0, 0.1) is 0 Å². The summed E-state index contributed by atoms with van der Waals surface area (Å²) in [6.45, 7) is 6.74. The van der Waals surface area contributed by atoms with Gasteiger partial charge in [-0.25, -0.2) is 0 Å². The number of halogens is 1. The van der Waals surface area contributed by atoms with Crippen LogP contribution < -0.4 is 0 Å². The van der Waals surface area contributed by atoms with Gasteiger partial charge in [-0.05, 0) is 33.6 Å². The zero-order valence-electron chi connectivity index (χ0n) is 12.7. The van der Waals surface area contributed by atoms with E-state index in [0.717, 1.165) is 4.47 Å². The predicted molar refractivity (Wildman–Crippen MR) is 95.8 cm³/mol. The molecule has 0 bridgehead atoms. The van der Waals surface area contributed by atoms with E-state index in [-0.39, 0.29) is 5.41 Å². The maximum absolute atomic E-state index is 3.69. The highest BCUT2D eigenvalue weighted by molar-refractivity contribution is 9.10. The van der Waals surface area contributed by atoms with Crippen LogP contribution in [0.1, 0.15) is 26.3 Å². The molecule has 0 heterocycles. The van der Waals surface area contributed by atoms with Crippen molar-refractivity contribution in [2.24, 2.45) is 0 Å². The highest BCUT2D eigenvalue weighted by Gasteiger charge is 2.13. The van der Waals surface area contributed by atoms with Crippen molar-refractivity contribution in [3.63, 3.8) is 0 Å². The second-order valence-corrected chi connectivity index (χ2v) is 7.33. The molecule has 0 aliphatic heterocycles. The maximum atomic E-state index is 3.69. The predicted octanol–water partition coefficient (Wildman–Crippen LogP) is 6.57. The first-order valence-corrected chi connectivity index (χ1v) is 8.04. The Morgan fingerprint density at radius 3 is 2.00 bits per heavy atom. The molecule has 0 saturated heterocycles. The molecule has 0 unspecified atom stereocenters. The smallest absolute Gasteiger partial charge is 0.0259 e. The van der Waals surface area contributed by atoms with Crippen LogP contribution in [0.4, 0.5) is 0 Å². The standard InChI is InChI=1S/C20H19Br/c1-20(2,3)16-12-10-14(11-13-16)17-8-4-6-15-7-5-9-18(21)19(15)17/h4-13H,1-3H3. The lowest BCUT2D eigenvalue weighted by Gasteiger charge is -2.19. The molecule has 0 nitrogen and oxygen atoms in total. The van der Waals surface area contributed by atoms with Crippen LogP contribution in [0.5, 0.6) is 0 Å². The minimum absolute atomic E-state index is 0.192. The first-order chi connectivity index (χ1) is 9.97. The second kappa shape index (κ2) is 5.31. The summed E-state index contributed by atoms with van der Waals surface area (Å²) in [4.78, 5) is 0. The van der Waals surface area contributed by atoms with Gasteiger partial charge in [-0.15, -0.1) is 0 Å². The van der Waals surface area contributed by atoms with E-state index in [1.807, 2.05) is 0 Å². The third-order valence-electron chi connectivity index (χ3n) is 3.92. The molecule has 106 valence electrons. The molecule has 0 aromatic heterocycles. The quantitative estimate of drug-likeness (QED) is 0.470. The molecule has 21 heavy (non-hydrogen) atoms. The van der Waals surface area contributed by atoms with E-state index in [2.05, 4.69) is 97.4 Å². The van der Waals surface area contributed by atoms with Crippen molar-refractivity contribution in [1.29, 1.82) is 0 Å². The summed E-state index contributed by atoms with van der Waals surface area (Å²) in [5.74, 6) is 0. The summed E-state index contributed by atoms with van der Waals surface area (Å²) < 4.78 is 1.15. The fourth-order valence-corrected chi connectivity index (χ4v) is 3.28. The minimum Gasteiger partial charge on any atom is -0.0610 e. The summed E-state index contributed by atoms with van der Waals surface area (Å²) in [6.07, 6.45) is 0. The van der Waals surface area contributed by atoms with Gasteiger partial charge in [-0.1, -0.05) is 91.3 Å². The molecular formula is C20H19Br. The lowest BCUT2D eigenvalue weighted by Crippen LogP contribution is -2.10. The van der Waals surface area contributed by atoms with Crippen molar-refractivity contribution in [2.45, 2.75) is 26.2 Å². The zero-order valence-corrected chi connectivity index (χ0v) is 14.2. The Morgan fingerprint density at radius 1 is 0.762 bits per heavy atom. The van der Waals surface area contributed by atoms with Crippen LogP contribution in [0.25, 0.3) is 21.9 Å². The monoisotopic (exact) mass is 338 g/mol. The molecule has 0 N–H and O–H groups in total. The van der Waals surface area contributed by atoms with E-state index in [4.69, 9.17) is 0 Å². The third-order valence-corrected chi connectivity index (χ3v) is 4.58. The fourth-order valence-electron chi connectivity index (χ4n) is 2.69. The molecule has 0 atom stereocenters. The lowest BCUT2D eigenvalue weighted by atomic mass is 9.86. The highest BCUT2D eigenvalue weighted by Crippen LogP contribution is 2.34. The third kappa shape index (κ3) is 2.75. The molecule has 3 aromatic carbocycles. The lowest BCUT2D eigenvalue weighted by molar-refractivity contribution is 0.590. The molecule has 3 rings (SSSR count). The molecule has 1 heteroatoms. The SMILES string of the molecule is CC(C)(C)c1ccc(-c2cccc3cccc(Br)c23)cc1. The van der Waals surface area contributed by atoms with Gasteiger partial charge in [0.25, 0.3) is 0 Å². The molecule has 0 fully saturated rings. The average Bonchev–Trinajstić information content (AvgIpc) is 2.46. The average molecular weight is 339 g/mol. The maximum Gasteiger partial charge on any atom is 0.0259 e. The number of hydrogen-bond acceptors (Lipinski definition) is 0. The van der Waals surface area contributed by atoms with Crippen molar-refractivity contribution in [2.75, 3.05) is 0 Å². The second-order valence-electron chi connectivity index (χ2n) is 6.47. The molecule has 3 aromatic rings. The van der Waals surface area contributed by atoms with Crippen LogP contribution in [0.15, 0.2) is 65.1 Å². The van der Waals surface area contributed by atoms with E-state index in [0.29, 0.717) is 0 Å². The van der Waals surface area contributed by atoms with Crippen molar-refractivity contribution >= 4 is 26.7 Å². The van der Waals surface area contributed by atoms with Gasteiger partial charge in [-0.2, -0.15) is 0 Å². The van der Waals surface area contributed by atoms with Gasteiger partial charge < -0.3 is 0 Å². The van der Waals surface area contributed by atoms with Gasteiger partial charge >= 0.3 is 0 Å². The zero-order chi connectivity index (χ0) is 15.0. The van der Waals surface area contributed by atoms with E-state index < -0.39 is 0 Å². The van der Waals surface area contributed by atoms with E-state index in [9.17, 15) is 0 Å². The van der Waals surface area contributed by atoms with E-state index >= 15 is 0 Å². The highest BCUT2D eigenvalue weighted by atomic mass is 79.9. The molecule has 0 saturated carbocycles. The Bertz CT molecular complexity index is 772. The largest absolute Gasteiger partial charge is 0.0610 e. The summed E-state index contributed by atoms with van der Waals surface area (Å²) >= 11 is 3.69. The molecule has 0 aliphatic rings. The normalized spacial score (nSPS) is 11.8. The molecule has 0 radical (unpaired) electrons. The van der Waals surface area contributed by atoms with Crippen LogP contribution in [-0.4, -0.2) is 0 Å². The Kier molecular flexibility index (Phi) is 3.62. The van der Waals surface area contributed by atoms with Crippen LogP contribution in [-0.2, 0) is 5.41 Å². The summed E-state index contributed by atoms with van der Waals surface area (Å²) in [5.41, 5.74) is 4.10. The summed E-state index contributed by atoms with van der Waals surface area (Å²) in [7, 11) is 0. The molecular weight excluding hydrogens is 320 g/mol. The Balaban J connectivity index is 2.17. The number of rotatable bonds is 1. The van der Waals surface area contributed by atoms with E-state index in [1.54, 1.807) is 0 Å². The van der Waals surface area contributed by atoms with Crippen molar-refractivity contribution < 1.29 is 0 Å². The Hall–Kier alpha value is -1.60. The molecule has 0 amide bonds. The Morgan fingerprint density at radius 2 is 1.38 bits per heavy atom. The summed E-state index contributed by atoms with van der Waals surface area (Å²) in [5, 5.41) is 2.55. The van der Waals surface area contributed by atoms with Gasteiger partial charge in [0.2, 0.25) is 0 Å². The van der Waals surface area contributed by atoms with Gasteiger partial charge in [0, 0.05) is 9.86 Å². The fraction of sp³-hybridized carbons (Fsp3) is 0.200. The number of benzene rings is 3. The van der Waals surface area contributed by atoms with Crippen LogP contribution in [0.2, 0.25) is 0 Å². The van der Waals surface area contributed by atoms with Crippen molar-refractivity contribution in [3.8, 4) is 11.1 Å². The van der Waals surface area contributed by atoms with Gasteiger partial charge in [0.15, 0.2) is 0 Å². The van der Waals surface area contributed by atoms with Crippen molar-refractivity contribution in [1.82, 2.24) is 0 Å². The first-order valence-electron chi connectivity index (χ1n) is 7.25.